The van der Waals surface area contributed by atoms with Gasteiger partial charge in [-0.15, -0.1) is 0 Å². The second-order valence-electron chi connectivity index (χ2n) is 6.38. The lowest BCUT2D eigenvalue weighted by Crippen LogP contribution is -2.33. The molecule has 0 fully saturated rings. The Kier molecular flexibility index (Phi) is 4.44. The molecule has 0 saturated carbocycles. The molecule has 2 aromatic carbocycles. The number of hydrogen-bond acceptors (Lipinski definition) is 4. The van der Waals surface area contributed by atoms with Crippen LogP contribution in [0.4, 0.5) is 10.1 Å². The molecule has 4 N–H and O–H groups in total. The molecular formula is C20H17FN4O3. The van der Waals surface area contributed by atoms with Crippen molar-refractivity contribution in [1.29, 1.82) is 0 Å². The highest BCUT2D eigenvalue weighted by atomic mass is 19.1. The molecule has 0 bridgehead atoms. The van der Waals surface area contributed by atoms with Gasteiger partial charge >= 0.3 is 5.69 Å². The fourth-order valence-electron chi connectivity index (χ4n) is 2.84. The highest BCUT2D eigenvalue weighted by Gasteiger charge is 2.21. The van der Waals surface area contributed by atoms with Crippen molar-refractivity contribution < 1.29 is 13.9 Å². The molecule has 1 atom stereocenters. The molecule has 4 rings (SSSR count). The van der Waals surface area contributed by atoms with E-state index in [0.29, 0.717) is 28.0 Å². The molecule has 0 radical (unpaired) electrons. The van der Waals surface area contributed by atoms with E-state index in [2.05, 4.69) is 20.6 Å². The Morgan fingerprint density at radius 2 is 1.86 bits per heavy atom. The molecule has 1 aliphatic heterocycles. The van der Waals surface area contributed by atoms with Gasteiger partial charge in [0.15, 0.2) is 0 Å². The van der Waals surface area contributed by atoms with Crippen molar-refractivity contribution in [3.05, 3.63) is 82.4 Å². The summed E-state index contributed by atoms with van der Waals surface area (Å²) < 4.78 is 18.9. The number of fused-ring (bicyclic) bond motifs is 1. The molecule has 3 aromatic rings. The summed E-state index contributed by atoms with van der Waals surface area (Å²) >= 11 is 0. The Bertz CT molecular complexity index is 1160. The van der Waals surface area contributed by atoms with Crippen LogP contribution < -0.4 is 21.1 Å². The van der Waals surface area contributed by atoms with Crippen molar-refractivity contribution in [3.63, 3.8) is 0 Å². The van der Waals surface area contributed by atoms with Crippen molar-refractivity contribution in [2.24, 2.45) is 0 Å². The second-order valence-corrected chi connectivity index (χ2v) is 6.38. The molecule has 0 spiro atoms. The highest BCUT2D eigenvalue weighted by molar-refractivity contribution is 6.06. The smallest absolute Gasteiger partial charge is 0.323 e. The molecule has 28 heavy (non-hydrogen) atoms. The maximum absolute atomic E-state index is 13.1. The number of carbonyl (C=O) groups is 1. The maximum atomic E-state index is 13.1. The number of carbonyl (C=O) groups excluding carboxylic acids is 1. The van der Waals surface area contributed by atoms with Crippen molar-refractivity contribution in [2.75, 3.05) is 5.32 Å². The lowest BCUT2D eigenvalue weighted by molar-refractivity contribution is -0.112. The lowest BCUT2D eigenvalue weighted by Gasteiger charge is -2.22. The van der Waals surface area contributed by atoms with Gasteiger partial charge in [-0.2, -0.15) is 0 Å². The van der Waals surface area contributed by atoms with Gasteiger partial charge in [0, 0.05) is 11.7 Å². The monoisotopic (exact) mass is 380 g/mol. The van der Waals surface area contributed by atoms with Crippen LogP contribution in [-0.4, -0.2) is 21.9 Å². The first-order valence-corrected chi connectivity index (χ1v) is 8.64. The van der Waals surface area contributed by atoms with Crippen LogP contribution in [0.1, 0.15) is 6.92 Å². The quantitative estimate of drug-likeness (QED) is 0.559. The third kappa shape index (κ3) is 3.66. The molecule has 0 aliphatic carbocycles. The number of aromatic nitrogens is 2. The van der Waals surface area contributed by atoms with Crippen LogP contribution in [0.3, 0.4) is 0 Å². The zero-order valence-corrected chi connectivity index (χ0v) is 14.9. The van der Waals surface area contributed by atoms with Gasteiger partial charge in [0.1, 0.15) is 11.6 Å². The van der Waals surface area contributed by atoms with Crippen molar-refractivity contribution >= 4 is 22.6 Å². The zero-order chi connectivity index (χ0) is 19.7. The average Bonchev–Trinajstić information content (AvgIpc) is 3.03. The van der Waals surface area contributed by atoms with Gasteiger partial charge in [0.2, 0.25) is 5.88 Å². The van der Waals surface area contributed by atoms with Gasteiger partial charge in [-0.3, -0.25) is 4.79 Å². The summed E-state index contributed by atoms with van der Waals surface area (Å²) in [4.78, 5) is 29.5. The third-order valence-electron chi connectivity index (χ3n) is 4.21. The number of imidazole rings is 1. The molecule has 8 heteroatoms. The van der Waals surface area contributed by atoms with Crippen LogP contribution in [-0.2, 0) is 4.79 Å². The number of H-pyrrole nitrogens is 2. The number of ether oxygens (including phenoxy) is 1. The van der Waals surface area contributed by atoms with Gasteiger partial charge in [-0.1, -0.05) is 6.08 Å². The van der Waals surface area contributed by atoms with E-state index in [1.165, 1.54) is 24.3 Å². The first-order valence-electron chi connectivity index (χ1n) is 8.64. The number of benzene rings is 2. The molecule has 1 unspecified atom stereocenters. The van der Waals surface area contributed by atoms with E-state index >= 15 is 0 Å². The number of dihydropyridines is 1. The minimum absolute atomic E-state index is 0.0340. The minimum Gasteiger partial charge on any atom is -0.441 e. The van der Waals surface area contributed by atoms with Crippen LogP contribution in [0.2, 0.25) is 0 Å². The summed E-state index contributed by atoms with van der Waals surface area (Å²) in [6, 6.07) is 10.5. The van der Waals surface area contributed by atoms with Gasteiger partial charge in [-0.05, 0) is 55.5 Å². The lowest BCUT2D eigenvalue weighted by atomic mass is 10.1. The van der Waals surface area contributed by atoms with E-state index < -0.39 is 0 Å². The SMILES string of the molecule is CC1C=CC(C(=O)Nc2ccc3[nH]c(=O)[nH]c3c2)=C(Oc2ccc(F)cc2)N1. The summed E-state index contributed by atoms with van der Waals surface area (Å²) in [5, 5.41) is 5.88. The first-order chi connectivity index (χ1) is 13.5. The van der Waals surface area contributed by atoms with Gasteiger partial charge < -0.3 is 25.3 Å². The van der Waals surface area contributed by atoms with Crippen LogP contribution in [0.5, 0.6) is 5.75 Å². The molecule has 1 aromatic heterocycles. The van der Waals surface area contributed by atoms with E-state index in [0.717, 1.165) is 0 Å². The summed E-state index contributed by atoms with van der Waals surface area (Å²) in [6.45, 7) is 1.91. The molecule has 1 aliphatic rings. The first kappa shape index (κ1) is 17.6. The Balaban J connectivity index is 1.60. The molecular weight excluding hydrogens is 363 g/mol. The molecule has 0 saturated heterocycles. The standard InChI is InChI=1S/C20H17FN4O3/c1-11-2-8-15(19(22-11)28-14-6-3-12(21)4-7-14)18(26)23-13-5-9-16-17(10-13)25-20(27)24-16/h2-11,22H,1H3,(H,23,26)(H2,24,25,27). The number of rotatable bonds is 4. The van der Waals surface area contributed by atoms with Crippen molar-refractivity contribution in [2.45, 2.75) is 13.0 Å². The molecule has 1 amide bonds. The summed E-state index contributed by atoms with van der Waals surface area (Å²) in [5.74, 6) is -0.0781. The van der Waals surface area contributed by atoms with E-state index in [1.807, 2.05) is 13.0 Å². The zero-order valence-electron chi connectivity index (χ0n) is 14.9. The number of amides is 1. The number of halogens is 1. The largest absolute Gasteiger partial charge is 0.441 e. The number of aromatic amines is 2. The van der Waals surface area contributed by atoms with E-state index in [-0.39, 0.29) is 29.3 Å². The van der Waals surface area contributed by atoms with Gasteiger partial charge in [-0.25, -0.2) is 9.18 Å². The van der Waals surface area contributed by atoms with Gasteiger partial charge in [0.25, 0.3) is 5.91 Å². The fourth-order valence-corrected chi connectivity index (χ4v) is 2.84. The van der Waals surface area contributed by atoms with Crippen LogP contribution in [0.15, 0.2) is 70.9 Å². The Morgan fingerprint density at radius 1 is 1.11 bits per heavy atom. The minimum atomic E-state index is -0.384. The van der Waals surface area contributed by atoms with Crippen LogP contribution in [0, 0.1) is 5.82 Å². The summed E-state index contributed by atoms with van der Waals surface area (Å²) in [6.07, 6.45) is 3.51. The number of anilines is 1. The molecule has 142 valence electrons. The predicted molar refractivity (Wildman–Crippen MR) is 103 cm³/mol. The third-order valence-corrected chi connectivity index (χ3v) is 4.21. The van der Waals surface area contributed by atoms with Crippen LogP contribution in [0.25, 0.3) is 11.0 Å². The highest BCUT2D eigenvalue weighted by Crippen LogP contribution is 2.21. The molecule has 2 heterocycles. The van der Waals surface area contributed by atoms with Crippen molar-refractivity contribution in [1.82, 2.24) is 15.3 Å². The van der Waals surface area contributed by atoms with E-state index in [1.54, 1.807) is 24.3 Å². The topological polar surface area (TPSA) is 99.0 Å². The van der Waals surface area contributed by atoms with Crippen LogP contribution >= 0.6 is 0 Å². The maximum Gasteiger partial charge on any atom is 0.323 e. The van der Waals surface area contributed by atoms with E-state index in [4.69, 9.17) is 4.74 Å². The predicted octanol–water partition coefficient (Wildman–Crippen LogP) is 2.77. The average molecular weight is 380 g/mol. The number of hydrogen-bond donors (Lipinski definition) is 4. The summed E-state index contributed by atoms with van der Waals surface area (Å²) in [7, 11) is 0. The Morgan fingerprint density at radius 3 is 2.64 bits per heavy atom. The Labute approximate surface area is 158 Å². The van der Waals surface area contributed by atoms with E-state index in [9.17, 15) is 14.0 Å². The summed E-state index contributed by atoms with van der Waals surface area (Å²) in [5.41, 5.74) is 1.74. The Hall–Kier alpha value is -3.81. The molecule has 7 nitrogen and oxygen atoms in total. The van der Waals surface area contributed by atoms with Crippen molar-refractivity contribution in [3.8, 4) is 5.75 Å². The second kappa shape index (κ2) is 7.07. The van der Waals surface area contributed by atoms with Gasteiger partial charge in [0.05, 0.1) is 16.6 Å². The normalized spacial score (nSPS) is 16.1. The number of nitrogens with one attached hydrogen (secondary N) is 4. The fraction of sp³-hybridized carbons (Fsp3) is 0.100.